The van der Waals surface area contributed by atoms with Crippen molar-refractivity contribution in [2.24, 2.45) is 0 Å². The van der Waals surface area contributed by atoms with Crippen LogP contribution in [0.1, 0.15) is 35.1 Å². The number of ether oxygens (including phenoxy) is 1. The molecule has 134 valence electrons. The van der Waals surface area contributed by atoms with Gasteiger partial charge in [-0.3, -0.25) is 14.5 Å². The molecule has 0 aliphatic rings. The summed E-state index contributed by atoms with van der Waals surface area (Å²) in [5, 5.41) is 7.07. The average Bonchev–Trinajstić information content (AvgIpc) is 3.11. The third kappa shape index (κ3) is 4.24. The quantitative estimate of drug-likeness (QED) is 0.707. The van der Waals surface area contributed by atoms with E-state index in [2.05, 4.69) is 20.4 Å². The minimum atomic E-state index is -0.178. The number of rotatable bonds is 7. The number of aryl methyl sites for hydroxylation is 2. The molecule has 0 aromatic carbocycles. The van der Waals surface area contributed by atoms with Crippen LogP contribution < -0.4 is 10.1 Å². The topological polar surface area (TPSA) is 81.9 Å². The van der Waals surface area contributed by atoms with Gasteiger partial charge in [0.1, 0.15) is 11.4 Å². The lowest BCUT2D eigenvalue weighted by atomic mass is 10.2. The van der Waals surface area contributed by atoms with Gasteiger partial charge >= 0.3 is 0 Å². The lowest BCUT2D eigenvalue weighted by Gasteiger charge is -2.11. The normalized spacial score (nSPS) is 10.5. The van der Waals surface area contributed by atoms with Gasteiger partial charge in [-0.15, -0.1) is 0 Å². The zero-order chi connectivity index (χ0) is 18.4. The maximum Gasteiger partial charge on any atom is 0.269 e. The van der Waals surface area contributed by atoms with Gasteiger partial charge in [0.2, 0.25) is 5.88 Å². The number of carbonyl (C=O) groups excluding carboxylic acids is 1. The van der Waals surface area contributed by atoms with E-state index in [1.165, 1.54) is 0 Å². The summed E-state index contributed by atoms with van der Waals surface area (Å²) < 4.78 is 7.51. The molecule has 0 aliphatic carbocycles. The maximum absolute atomic E-state index is 12.4. The first-order valence-corrected chi connectivity index (χ1v) is 8.51. The Morgan fingerprint density at radius 3 is 2.85 bits per heavy atom. The third-order valence-corrected chi connectivity index (χ3v) is 3.77. The first-order valence-electron chi connectivity index (χ1n) is 8.51. The van der Waals surface area contributed by atoms with Gasteiger partial charge in [-0.25, -0.2) is 4.98 Å². The molecule has 0 saturated heterocycles. The fraction of sp³-hybridized carbons (Fsp3) is 0.263. The molecule has 7 heteroatoms. The molecule has 0 saturated carbocycles. The van der Waals surface area contributed by atoms with Crippen LogP contribution in [-0.2, 0) is 13.1 Å². The average molecular weight is 351 g/mol. The standard InChI is InChI=1S/C19H21N5O2/c1-3-11-24-17(8-10-23-24)18(25)22-12-15-5-4-9-20-19(15)26-16-7-6-14(2)21-13-16/h4-10,13H,3,11-12H2,1-2H3,(H,22,25). The van der Waals surface area contributed by atoms with Crippen LogP contribution in [-0.4, -0.2) is 25.7 Å². The van der Waals surface area contributed by atoms with Crippen LogP contribution in [0.2, 0.25) is 0 Å². The van der Waals surface area contributed by atoms with Crippen LogP contribution in [0.3, 0.4) is 0 Å². The molecular weight excluding hydrogens is 330 g/mol. The van der Waals surface area contributed by atoms with Gasteiger partial charge in [-0.2, -0.15) is 5.10 Å². The number of nitrogens with zero attached hydrogens (tertiary/aromatic N) is 4. The molecular formula is C19H21N5O2. The second-order valence-electron chi connectivity index (χ2n) is 5.83. The molecule has 7 nitrogen and oxygen atoms in total. The smallest absolute Gasteiger partial charge is 0.269 e. The zero-order valence-electron chi connectivity index (χ0n) is 14.8. The molecule has 0 bridgehead atoms. The van der Waals surface area contributed by atoms with Crippen molar-refractivity contribution >= 4 is 5.91 Å². The summed E-state index contributed by atoms with van der Waals surface area (Å²) >= 11 is 0. The molecule has 0 atom stereocenters. The molecule has 0 aliphatic heterocycles. The molecule has 3 aromatic rings. The van der Waals surface area contributed by atoms with Crippen molar-refractivity contribution in [2.45, 2.75) is 33.4 Å². The van der Waals surface area contributed by atoms with Crippen molar-refractivity contribution < 1.29 is 9.53 Å². The van der Waals surface area contributed by atoms with E-state index in [0.29, 0.717) is 30.4 Å². The number of pyridine rings is 2. The van der Waals surface area contributed by atoms with Crippen molar-refractivity contribution in [3.8, 4) is 11.6 Å². The highest BCUT2D eigenvalue weighted by Crippen LogP contribution is 2.22. The van der Waals surface area contributed by atoms with Crippen molar-refractivity contribution in [1.29, 1.82) is 0 Å². The largest absolute Gasteiger partial charge is 0.437 e. The maximum atomic E-state index is 12.4. The van der Waals surface area contributed by atoms with Crippen molar-refractivity contribution in [1.82, 2.24) is 25.1 Å². The third-order valence-electron chi connectivity index (χ3n) is 3.77. The second-order valence-corrected chi connectivity index (χ2v) is 5.83. The molecule has 3 heterocycles. The molecule has 3 aromatic heterocycles. The minimum Gasteiger partial charge on any atom is -0.437 e. The summed E-state index contributed by atoms with van der Waals surface area (Å²) in [7, 11) is 0. The van der Waals surface area contributed by atoms with E-state index in [4.69, 9.17) is 4.74 Å². The van der Waals surface area contributed by atoms with E-state index in [0.717, 1.165) is 17.7 Å². The Balaban J connectivity index is 1.69. The molecule has 3 rings (SSSR count). The first-order chi connectivity index (χ1) is 12.7. The molecule has 0 radical (unpaired) electrons. The Hall–Kier alpha value is -3.22. The van der Waals surface area contributed by atoms with Gasteiger partial charge in [0.05, 0.1) is 6.20 Å². The summed E-state index contributed by atoms with van der Waals surface area (Å²) in [6.07, 6.45) is 5.84. The highest BCUT2D eigenvalue weighted by Gasteiger charge is 2.13. The highest BCUT2D eigenvalue weighted by molar-refractivity contribution is 5.92. The van der Waals surface area contributed by atoms with Gasteiger partial charge in [-0.05, 0) is 37.6 Å². The summed E-state index contributed by atoms with van der Waals surface area (Å²) in [6.45, 7) is 4.97. The van der Waals surface area contributed by atoms with Gasteiger partial charge in [0.15, 0.2) is 0 Å². The Morgan fingerprint density at radius 1 is 1.19 bits per heavy atom. The Labute approximate surface area is 152 Å². The fourth-order valence-corrected chi connectivity index (χ4v) is 2.46. The van der Waals surface area contributed by atoms with Gasteiger partial charge in [0.25, 0.3) is 5.91 Å². The number of hydrogen-bond acceptors (Lipinski definition) is 5. The van der Waals surface area contributed by atoms with Crippen LogP contribution >= 0.6 is 0 Å². The monoisotopic (exact) mass is 351 g/mol. The number of nitrogens with one attached hydrogen (secondary N) is 1. The van der Waals surface area contributed by atoms with E-state index >= 15 is 0 Å². The molecule has 0 unspecified atom stereocenters. The van der Waals surface area contributed by atoms with Crippen LogP contribution in [0.5, 0.6) is 11.6 Å². The SMILES string of the molecule is CCCn1nccc1C(=O)NCc1cccnc1Oc1ccc(C)nc1. The Kier molecular flexibility index (Phi) is 5.58. The predicted octanol–water partition coefficient (Wildman–Crippen LogP) is 3.11. The van der Waals surface area contributed by atoms with E-state index in [-0.39, 0.29) is 5.91 Å². The number of hydrogen-bond donors (Lipinski definition) is 1. The van der Waals surface area contributed by atoms with Crippen molar-refractivity contribution in [3.05, 3.63) is 65.9 Å². The zero-order valence-corrected chi connectivity index (χ0v) is 14.8. The molecule has 0 fully saturated rings. The summed E-state index contributed by atoms with van der Waals surface area (Å²) in [6, 6.07) is 9.09. The lowest BCUT2D eigenvalue weighted by molar-refractivity contribution is 0.0939. The van der Waals surface area contributed by atoms with Crippen LogP contribution in [0, 0.1) is 6.92 Å². The minimum absolute atomic E-state index is 0.178. The lowest BCUT2D eigenvalue weighted by Crippen LogP contribution is -2.26. The molecule has 1 N–H and O–H groups in total. The van der Waals surface area contributed by atoms with E-state index in [9.17, 15) is 4.79 Å². The van der Waals surface area contributed by atoms with E-state index in [1.54, 1.807) is 29.3 Å². The summed E-state index contributed by atoms with van der Waals surface area (Å²) in [4.78, 5) is 20.9. The van der Waals surface area contributed by atoms with Crippen molar-refractivity contribution in [2.75, 3.05) is 0 Å². The number of carbonyl (C=O) groups is 1. The summed E-state index contributed by atoms with van der Waals surface area (Å²) in [5.41, 5.74) is 2.23. The van der Waals surface area contributed by atoms with Crippen LogP contribution in [0.4, 0.5) is 0 Å². The first kappa shape index (κ1) is 17.6. The van der Waals surface area contributed by atoms with Crippen molar-refractivity contribution in [3.63, 3.8) is 0 Å². The predicted molar refractivity (Wildman–Crippen MR) is 97.0 cm³/mol. The number of aromatic nitrogens is 4. The second kappa shape index (κ2) is 8.24. The van der Waals surface area contributed by atoms with E-state index in [1.807, 2.05) is 38.1 Å². The Bertz CT molecular complexity index is 874. The van der Waals surface area contributed by atoms with Crippen LogP contribution in [0.15, 0.2) is 48.9 Å². The molecule has 1 amide bonds. The summed E-state index contributed by atoms with van der Waals surface area (Å²) in [5.74, 6) is 0.867. The fourth-order valence-electron chi connectivity index (χ4n) is 2.46. The van der Waals surface area contributed by atoms with Crippen LogP contribution in [0.25, 0.3) is 0 Å². The van der Waals surface area contributed by atoms with E-state index < -0.39 is 0 Å². The van der Waals surface area contributed by atoms with Gasteiger partial charge in [-0.1, -0.05) is 13.0 Å². The van der Waals surface area contributed by atoms with Gasteiger partial charge in [0, 0.05) is 36.7 Å². The molecule has 0 spiro atoms. The van der Waals surface area contributed by atoms with Gasteiger partial charge < -0.3 is 10.1 Å². The number of amides is 1. The Morgan fingerprint density at radius 2 is 2.08 bits per heavy atom. The highest BCUT2D eigenvalue weighted by atomic mass is 16.5. The molecule has 26 heavy (non-hydrogen) atoms.